The first-order valence-electron chi connectivity index (χ1n) is 5.81. The quantitative estimate of drug-likeness (QED) is 0.641. The second-order valence-corrected chi connectivity index (χ2v) is 4.89. The van der Waals surface area contributed by atoms with Crippen molar-refractivity contribution < 1.29 is 9.90 Å². The summed E-state index contributed by atoms with van der Waals surface area (Å²) in [7, 11) is 0. The van der Waals surface area contributed by atoms with Gasteiger partial charge >= 0.3 is 0 Å². The average molecular weight is 212 g/mol. The molecule has 0 bridgehead atoms. The monoisotopic (exact) mass is 212 g/mol. The Kier molecular flexibility index (Phi) is 2.98. The number of nitrogens with zero attached hydrogens (tertiary/aromatic N) is 1. The van der Waals surface area contributed by atoms with Gasteiger partial charge in [0, 0.05) is 19.1 Å². The maximum Gasteiger partial charge on any atom is 0.240 e. The van der Waals surface area contributed by atoms with Gasteiger partial charge in [0.25, 0.3) is 0 Å². The van der Waals surface area contributed by atoms with Crippen LogP contribution in [-0.2, 0) is 4.79 Å². The van der Waals surface area contributed by atoms with Crippen molar-refractivity contribution in [2.24, 2.45) is 5.92 Å². The molecule has 4 unspecified atom stereocenters. The number of rotatable bonds is 1. The van der Waals surface area contributed by atoms with E-state index < -0.39 is 0 Å². The SMILES string of the molecule is CC1CCN(C(=O)C2CC(O)CN2)C1C. The minimum atomic E-state index is -0.353. The summed E-state index contributed by atoms with van der Waals surface area (Å²) >= 11 is 0. The van der Waals surface area contributed by atoms with Crippen molar-refractivity contribution in [1.29, 1.82) is 0 Å². The summed E-state index contributed by atoms with van der Waals surface area (Å²) in [5, 5.41) is 12.5. The van der Waals surface area contributed by atoms with Gasteiger partial charge in [-0.2, -0.15) is 0 Å². The van der Waals surface area contributed by atoms with Crippen LogP contribution in [0, 0.1) is 5.92 Å². The summed E-state index contributed by atoms with van der Waals surface area (Å²) in [5.41, 5.74) is 0. The Morgan fingerprint density at radius 2 is 2.20 bits per heavy atom. The van der Waals surface area contributed by atoms with Crippen molar-refractivity contribution in [2.45, 2.75) is 44.9 Å². The van der Waals surface area contributed by atoms with Crippen LogP contribution in [0.25, 0.3) is 0 Å². The first kappa shape index (κ1) is 10.9. The first-order valence-corrected chi connectivity index (χ1v) is 5.81. The number of carbonyl (C=O) groups is 1. The largest absolute Gasteiger partial charge is 0.392 e. The molecule has 2 N–H and O–H groups in total. The van der Waals surface area contributed by atoms with Crippen LogP contribution in [0.1, 0.15) is 26.7 Å². The molecular weight excluding hydrogens is 192 g/mol. The van der Waals surface area contributed by atoms with Crippen LogP contribution in [0.4, 0.5) is 0 Å². The van der Waals surface area contributed by atoms with Gasteiger partial charge in [0.05, 0.1) is 12.1 Å². The highest BCUT2D eigenvalue weighted by Crippen LogP contribution is 2.25. The summed E-state index contributed by atoms with van der Waals surface area (Å²) in [6, 6.07) is 0.185. The fraction of sp³-hybridized carbons (Fsp3) is 0.909. The normalized spacial score (nSPS) is 41.1. The molecule has 2 rings (SSSR count). The zero-order valence-corrected chi connectivity index (χ0v) is 9.44. The molecule has 0 aromatic carbocycles. The number of carbonyl (C=O) groups excluding carboxylic acids is 1. The van der Waals surface area contributed by atoms with Gasteiger partial charge in [0.15, 0.2) is 0 Å². The van der Waals surface area contributed by atoms with Crippen LogP contribution < -0.4 is 5.32 Å². The number of hydrogen-bond donors (Lipinski definition) is 2. The molecule has 2 saturated heterocycles. The lowest BCUT2D eigenvalue weighted by Crippen LogP contribution is -2.45. The summed E-state index contributed by atoms with van der Waals surface area (Å²) in [5.74, 6) is 0.767. The van der Waals surface area contributed by atoms with Gasteiger partial charge in [0.2, 0.25) is 5.91 Å². The topological polar surface area (TPSA) is 52.6 Å². The number of nitrogens with one attached hydrogen (secondary N) is 1. The third kappa shape index (κ3) is 2.01. The molecule has 0 radical (unpaired) electrons. The minimum Gasteiger partial charge on any atom is -0.392 e. The summed E-state index contributed by atoms with van der Waals surface area (Å²) in [6.07, 6.45) is 1.31. The number of β-amino-alcohol motifs (C(OH)–C–C–N with tert-alkyl or cyclic N) is 1. The molecule has 2 aliphatic heterocycles. The van der Waals surface area contributed by atoms with Crippen molar-refractivity contribution in [3.63, 3.8) is 0 Å². The third-order valence-corrected chi connectivity index (χ3v) is 3.83. The van der Waals surface area contributed by atoms with Gasteiger partial charge in [-0.05, 0) is 25.7 Å². The maximum absolute atomic E-state index is 12.1. The number of hydrogen-bond acceptors (Lipinski definition) is 3. The maximum atomic E-state index is 12.1. The number of likely N-dealkylation sites (tertiary alicyclic amines) is 1. The second-order valence-electron chi connectivity index (χ2n) is 4.89. The van der Waals surface area contributed by atoms with E-state index in [1.165, 1.54) is 0 Å². The van der Waals surface area contributed by atoms with Crippen LogP contribution in [-0.4, -0.2) is 47.2 Å². The Morgan fingerprint density at radius 1 is 1.47 bits per heavy atom. The second kappa shape index (κ2) is 4.10. The van der Waals surface area contributed by atoms with Gasteiger partial charge in [-0.1, -0.05) is 6.92 Å². The molecule has 0 spiro atoms. The first-order chi connectivity index (χ1) is 7.09. The lowest BCUT2D eigenvalue weighted by atomic mass is 10.0. The van der Waals surface area contributed by atoms with Gasteiger partial charge in [0.1, 0.15) is 0 Å². The molecule has 2 aliphatic rings. The van der Waals surface area contributed by atoms with Crippen LogP contribution in [0.15, 0.2) is 0 Å². The van der Waals surface area contributed by atoms with E-state index in [4.69, 9.17) is 0 Å². The standard InChI is InChI=1S/C11H20N2O2/c1-7-3-4-13(8(7)2)11(15)10-5-9(14)6-12-10/h7-10,12,14H,3-6H2,1-2H3. The lowest BCUT2D eigenvalue weighted by Gasteiger charge is -2.26. The van der Waals surface area contributed by atoms with Gasteiger partial charge in [-0.3, -0.25) is 4.79 Å². The Bertz CT molecular complexity index is 257. The van der Waals surface area contributed by atoms with Gasteiger partial charge < -0.3 is 15.3 Å². The van der Waals surface area contributed by atoms with Crippen molar-refractivity contribution in [3.8, 4) is 0 Å². The molecule has 4 heteroatoms. The predicted molar refractivity (Wildman–Crippen MR) is 57.4 cm³/mol. The molecule has 0 saturated carbocycles. The van der Waals surface area contributed by atoms with Gasteiger partial charge in [-0.15, -0.1) is 0 Å². The Hall–Kier alpha value is -0.610. The third-order valence-electron chi connectivity index (χ3n) is 3.83. The van der Waals surface area contributed by atoms with Crippen molar-refractivity contribution in [1.82, 2.24) is 10.2 Å². The van der Waals surface area contributed by atoms with E-state index in [1.807, 2.05) is 4.90 Å². The highest BCUT2D eigenvalue weighted by atomic mass is 16.3. The Morgan fingerprint density at radius 3 is 2.67 bits per heavy atom. The molecule has 2 heterocycles. The molecule has 4 nitrogen and oxygen atoms in total. The van der Waals surface area contributed by atoms with Crippen LogP contribution >= 0.6 is 0 Å². The van der Waals surface area contributed by atoms with Gasteiger partial charge in [-0.25, -0.2) is 0 Å². The molecule has 0 aliphatic carbocycles. The average Bonchev–Trinajstić information content (AvgIpc) is 2.75. The molecule has 0 aromatic rings. The predicted octanol–water partition coefficient (Wildman–Crippen LogP) is -0.0339. The summed E-state index contributed by atoms with van der Waals surface area (Å²) in [4.78, 5) is 14.1. The van der Waals surface area contributed by atoms with Crippen molar-refractivity contribution >= 4 is 5.91 Å². The molecule has 86 valence electrons. The van der Waals surface area contributed by atoms with E-state index >= 15 is 0 Å². The number of aliphatic hydroxyl groups is 1. The zero-order valence-electron chi connectivity index (χ0n) is 9.44. The minimum absolute atomic E-state index is 0.159. The molecule has 1 amide bonds. The molecule has 15 heavy (non-hydrogen) atoms. The van der Waals surface area contributed by atoms with E-state index in [9.17, 15) is 9.90 Å². The van der Waals surface area contributed by atoms with Crippen LogP contribution in [0.5, 0.6) is 0 Å². The van der Waals surface area contributed by atoms with Crippen molar-refractivity contribution in [2.75, 3.05) is 13.1 Å². The van der Waals surface area contributed by atoms with E-state index in [1.54, 1.807) is 0 Å². The van der Waals surface area contributed by atoms with E-state index in [0.29, 0.717) is 24.9 Å². The van der Waals surface area contributed by atoms with E-state index in [-0.39, 0.29) is 18.1 Å². The lowest BCUT2D eigenvalue weighted by molar-refractivity contribution is -0.134. The van der Waals surface area contributed by atoms with Crippen LogP contribution in [0.2, 0.25) is 0 Å². The molecular formula is C11H20N2O2. The fourth-order valence-corrected chi connectivity index (χ4v) is 2.51. The summed E-state index contributed by atoms with van der Waals surface area (Å²) in [6.45, 7) is 5.72. The molecule has 2 fully saturated rings. The molecule has 0 aromatic heterocycles. The van der Waals surface area contributed by atoms with Crippen LogP contribution in [0.3, 0.4) is 0 Å². The van der Waals surface area contributed by atoms with Crippen molar-refractivity contribution in [3.05, 3.63) is 0 Å². The smallest absolute Gasteiger partial charge is 0.240 e. The highest BCUT2D eigenvalue weighted by molar-refractivity contribution is 5.82. The number of amides is 1. The summed E-state index contributed by atoms with van der Waals surface area (Å²) < 4.78 is 0. The Labute approximate surface area is 90.6 Å². The number of aliphatic hydroxyl groups excluding tert-OH is 1. The zero-order chi connectivity index (χ0) is 11.0. The highest BCUT2D eigenvalue weighted by Gasteiger charge is 2.37. The van der Waals surface area contributed by atoms with E-state index in [2.05, 4.69) is 19.2 Å². The molecule has 4 atom stereocenters. The fourth-order valence-electron chi connectivity index (χ4n) is 2.51. The Balaban J connectivity index is 1.96. The van der Waals surface area contributed by atoms with E-state index in [0.717, 1.165) is 13.0 Å².